The first-order valence-electron chi connectivity index (χ1n) is 44.1. The van der Waals surface area contributed by atoms with Gasteiger partial charge in [-0.25, -0.2) is 28.8 Å². The number of ether oxygens (including phenoxy) is 5. The Morgan fingerprint density at radius 1 is 0.297 bits per heavy atom. The summed E-state index contributed by atoms with van der Waals surface area (Å²) in [6, 6.07) is 136. The molecule has 0 fully saturated rings. The quantitative estimate of drug-likeness (QED) is 0.0147. The summed E-state index contributed by atoms with van der Waals surface area (Å²) >= 11 is 3.31. The summed E-state index contributed by atoms with van der Waals surface area (Å²) in [6.45, 7) is 0. The smallest absolute Gasteiger partial charge is 1.00 e. The fourth-order valence-corrected chi connectivity index (χ4v) is 20.4. The second kappa shape index (κ2) is 67.6. The molecule has 20 nitrogen and oxygen atoms in total. The minimum Gasteiger partial charge on any atom is -1.00 e. The molecule has 0 amide bonds. The summed E-state index contributed by atoms with van der Waals surface area (Å²) in [7, 11) is 4.49. The minimum atomic E-state index is -1.99. The Kier molecular flexibility index (Phi) is 55.8. The second-order valence-electron chi connectivity index (χ2n) is 29.8. The van der Waals surface area contributed by atoms with Crippen molar-refractivity contribution in [3.63, 3.8) is 0 Å². The zero-order valence-electron chi connectivity index (χ0n) is 80.0. The average Bonchev–Trinajstić information content (AvgIpc) is 0.748. The van der Waals surface area contributed by atoms with Crippen LogP contribution in [0.1, 0.15) is 136 Å². The molecular formula is C120H110Br2LiN5O15P2. The summed E-state index contributed by atoms with van der Waals surface area (Å²) in [4.78, 5) is 98.5. The number of benzene rings is 12. The van der Waals surface area contributed by atoms with Crippen molar-refractivity contribution in [1.29, 1.82) is 0 Å². The number of pyridine rings is 5. The van der Waals surface area contributed by atoms with Gasteiger partial charge in [-0.3, -0.25) is 29.7 Å². The number of aromatic nitrogens is 5. The molecule has 25 heteroatoms. The number of carbonyl (C=O) groups is 7. The van der Waals surface area contributed by atoms with E-state index in [4.69, 9.17) is 9.84 Å². The summed E-state index contributed by atoms with van der Waals surface area (Å²) in [5.74, 6) is -2.51. The Morgan fingerprint density at radius 3 is 0.766 bits per heavy atom. The number of esters is 5. The number of carboxylic acid groups (broad SMARTS) is 1. The van der Waals surface area contributed by atoms with Crippen LogP contribution in [0.4, 0.5) is 0 Å². The van der Waals surface area contributed by atoms with Crippen LogP contribution in [0.2, 0.25) is 0 Å². The third-order valence-electron chi connectivity index (χ3n) is 20.3. The zero-order valence-corrected chi connectivity index (χ0v) is 85.0. The van der Waals surface area contributed by atoms with E-state index < -0.39 is 21.2 Å². The van der Waals surface area contributed by atoms with Gasteiger partial charge in [0.05, 0.1) is 97.9 Å². The maximum Gasteiger partial charge on any atom is 1.00 e. The summed E-state index contributed by atoms with van der Waals surface area (Å²) in [5.41, 5.74) is 12.9. The SMILES string of the molecule is C.COC(=O)c1cccc(/C=C/c2ccccn2)c1.COC(=O)c1cccc(/C=C/c2ccccn2)c1.COC(=O)c1cccc(/C=C\c2ccccn2)c1.COC(=O)c1cccc(CBr)c1.COC(=O)c1cccc(C[P+](c2ccccc2)(c2ccccc2)c2ccccc2)c1.O.O=C(O)c1cccc(/C=C/c2ccccn2)c1.O=Cc1ccccn1.[Br-].[Li+].[OH-].c1ccc(P(c2ccccc2)c2ccccc2)cc1. The van der Waals surface area contributed by atoms with Gasteiger partial charge in [-0.15, -0.1) is 0 Å². The first kappa shape index (κ1) is 120. The predicted molar refractivity (Wildman–Crippen MR) is 584 cm³/mol. The van der Waals surface area contributed by atoms with E-state index >= 15 is 0 Å². The van der Waals surface area contributed by atoms with Gasteiger partial charge in [0.15, 0.2) is 6.29 Å². The number of alkyl halides is 1. The van der Waals surface area contributed by atoms with Crippen molar-refractivity contribution in [1.82, 2.24) is 24.9 Å². The van der Waals surface area contributed by atoms with E-state index in [1.165, 1.54) is 67.4 Å². The van der Waals surface area contributed by atoms with Gasteiger partial charge >= 0.3 is 54.7 Å². The first-order chi connectivity index (χ1) is 68.5. The second-order valence-corrected chi connectivity index (χ2v) is 36.1. The number of carboxylic acids is 1. The molecule has 17 rings (SSSR count). The molecule has 0 spiro atoms. The van der Waals surface area contributed by atoms with Gasteiger partial charge in [-0.05, 0) is 251 Å². The monoisotopic (exact) mass is 2090 g/mol. The maximum absolute atomic E-state index is 12.1. The molecule has 0 radical (unpaired) electrons. The van der Waals surface area contributed by atoms with Crippen molar-refractivity contribution in [2.24, 2.45) is 0 Å². The predicted octanol–water partition coefficient (Wildman–Crippen LogP) is 17.4. The van der Waals surface area contributed by atoms with E-state index in [-0.39, 0.29) is 89.6 Å². The largest absolute Gasteiger partial charge is 1.00 e. The number of halogens is 2. The molecule has 0 aliphatic heterocycles. The first-order valence-corrected chi connectivity index (χ1v) is 48.5. The van der Waals surface area contributed by atoms with E-state index in [0.717, 1.165) is 73.9 Å². The van der Waals surface area contributed by atoms with Gasteiger partial charge in [0.25, 0.3) is 0 Å². The van der Waals surface area contributed by atoms with Crippen LogP contribution in [-0.2, 0) is 35.2 Å². The molecular weight excluding hydrogens is 1980 g/mol. The van der Waals surface area contributed by atoms with Crippen molar-refractivity contribution in [2.45, 2.75) is 18.9 Å². The van der Waals surface area contributed by atoms with Crippen LogP contribution in [-0.4, -0.2) is 119 Å². The number of aromatic carboxylic acids is 1. The molecule has 0 aliphatic carbocycles. The third-order valence-corrected chi connectivity index (χ3v) is 27.8. The van der Waals surface area contributed by atoms with Crippen molar-refractivity contribution >= 4 is 154 Å². The molecule has 145 heavy (non-hydrogen) atoms. The van der Waals surface area contributed by atoms with Crippen molar-refractivity contribution in [2.75, 3.05) is 35.5 Å². The van der Waals surface area contributed by atoms with Gasteiger partial charge in [0, 0.05) is 36.3 Å². The van der Waals surface area contributed by atoms with Crippen LogP contribution in [0.25, 0.3) is 48.6 Å². The van der Waals surface area contributed by atoms with Gasteiger partial charge in [0.2, 0.25) is 0 Å². The number of hydrogen-bond donors (Lipinski definition) is 1. The molecule has 0 bridgehead atoms. The Morgan fingerprint density at radius 2 is 0.524 bits per heavy atom. The van der Waals surface area contributed by atoms with Gasteiger partial charge in [-0.1, -0.05) is 296 Å². The average molecular weight is 2090 g/mol. The van der Waals surface area contributed by atoms with E-state index in [9.17, 15) is 33.6 Å². The molecule has 5 heterocycles. The molecule has 730 valence electrons. The van der Waals surface area contributed by atoms with Crippen molar-refractivity contribution in [3.05, 3.63) is 545 Å². The Hall–Kier alpha value is -15.8. The molecule has 5 aromatic heterocycles. The number of hydrogen-bond acceptors (Lipinski definition) is 18. The van der Waals surface area contributed by atoms with E-state index in [2.05, 4.69) is 248 Å². The summed E-state index contributed by atoms with van der Waals surface area (Å²) in [6.07, 6.45) is 25.2. The molecule has 0 unspecified atom stereocenters. The Labute approximate surface area is 880 Å². The molecule has 0 saturated carbocycles. The number of carbonyl (C=O) groups excluding carboxylic acids is 6. The minimum absolute atomic E-state index is 0. The van der Waals surface area contributed by atoms with Crippen LogP contribution < -0.4 is 67.7 Å². The van der Waals surface area contributed by atoms with Crippen LogP contribution in [0.15, 0.2) is 450 Å². The normalized spacial score (nSPS) is 10.1. The number of nitrogens with zero attached hydrogens (tertiary/aromatic N) is 5. The molecule has 0 atom stereocenters. The molecule has 12 aromatic carbocycles. The molecule has 0 saturated heterocycles. The number of methoxy groups -OCH3 is 5. The number of aldehydes is 1. The van der Waals surface area contributed by atoms with Gasteiger partial charge < -0.3 is 56.7 Å². The zero-order chi connectivity index (χ0) is 99.0. The van der Waals surface area contributed by atoms with E-state index in [1.807, 2.05) is 194 Å². The van der Waals surface area contributed by atoms with Crippen molar-refractivity contribution < 1.29 is 109 Å². The molecule has 0 aliphatic rings. The fourth-order valence-electron chi connectivity index (χ4n) is 13.5. The maximum atomic E-state index is 12.1. The van der Waals surface area contributed by atoms with E-state index in [1.54, 1.807) is 116 Å². The molecule has 17 aromatic rings. The standard InChI is InChI=1S/C27H24O2P.C18H15P.3C15H13NO2.C14H11NO2.C9H9BrO2.C6H5NO.CH4.BrH.Li.2H2O/c1-29-27(28)23-13-11-12-22(20-23)21-30(24-14-5-2-6-15-24,25-16-7-3-8-17-25)26-18-9-4-10-19-26;1-4-10-16(11-5-1)19(17-12-6-2-7-13-17)18-14-8-3-9-15-18;3*1-18-15(17)13-6-4-5-12(11-13)8-9-14-7-2-3-10-16-14;16-14(17)12-5-3-4-11(10-12)7-8-13-6-1-2-9-15-13;1-12-9(11)8-4-2-3-7(5-8)6-10;8-5-6-3-1-2-4-7-6;;;;;/h2-20H,21H2,1H3;1-15H;3*2-11H,1H3;1-10H,(H,16,17);2-5H,6H2,1H3;1-5H;1H4;1H;;2*1H2/q+1;;;;;;;;;;+1;;/p-2/b;;2*9-8+;9-8-;8-7+;;;;;;;. The Bertz CT molecular complexity index is 6390. The molecule has 4 N–H and O–H groups in total. The van der Waals surface area contributed by atoms with Crippen molar-refractivity contribution in [3.8, 4) is 0 Å². The third kappa shape index (κ3) is 40.2. The summed E-state index contributed by atoms with van der Waals surface area (Å²) in [5, 5.41) is 17.8. The van der Waals surface area contributed by atoms with Crippen LogP contribution in [0, 0.1) is 0 Å². The Balaban J connectivity index is 0.000000296. The van der Waals surface area contributed by atoms with Crippen LogP contribution in [0.5, 0.6) is 0 Å². The fraction of sp³-hybridized carbons (Fsp3) is 0.0667. The van der Waals surface area contributed by atoms with Gasteiger partial charge in [0.1, 0.15) is 28.9 Å². The van der Waals surface area contributed by atoms with Crippen LogP contribution >= 0.6 is 31.1 Å². The van der Waals surface area contributed by atoms with Crippen LogP contribution in [0.3, 0.4) is 0 Å². The topological polar surface area (TPSA) is 312 Å². The van der Waals surface area contributed by atoms with E-state index in [0.29, 0.717) is 33.5 Å². The summed E-state index contributed by atoms with van der Waals surface area (Å²) < 4.78 is 23.6. The van der Waals surface area contributed by atoms with Gasteiger partial charge in [-0.2, -0.15) is 0 Å². The number of rotatable bonds is 24.